The highest BCUT2D eigenvalue weighted by Gasteiger charge is 2.27. The van der Waals surface area contributed by atoms with Crippen molar-refractivity contribution in [3.63, 3.8) is 0 Å². The molecular formula is C28H40BrN3O. The van der Waals surface area contributed by atoms with Gasteiger partial charge >= 0.3 is 0 Å². The van der Waals surface area contributed by atoms with E-state index in [2.05, 4.69) is 55.1 Å². The van der Waals surface area contributed by atoms with Crippen LogP contribution in [0.15, 0.2) is 28.9 Å². The second-order valence-electron chi connectivity index (χ2n) is 10.9. The van der Waals surface area contributed by atoms with Gasteiger partial charge in [-0.25, -0.2) is 0 Å². The number of fused-ring (bicyclic) bond motifs is 1. The molecule has 1 N–H and O–H groups in total. The van der Waals surface area contributed by atoms with Gasteiger partial charge in [-0.1, -0.05) is 54.5 Å². The van der Waals surface area contributed by atoms with E-state index in [4.69, 9.17) is 0 Å². The number of carbonyl (C=O) groups is 1. The molecule has 0 radical (unpaired) electrons. The molecule has 2 aromatic rings. The number of benzene rings is 1. The molecule has 4 nitrogen and oxygen atoms in total. The molecule has 2 heterocycles. The van der Waals surface area contributed by atoms with E-state index in [1.54, 1.807) is 0 Å². The van der Waals surface area contributed by atoms with Crippen LogP contribution in [-0.2, 0) is 17.9 Å². The minimum absolute atomic E-state index is 0.199. The van der Waals surface area contributed by atoms with Crippen LogP contribution in [0.2, 0.25) is 0 Å². The molecule has 33 heavy (non-hydrogen) atoms. The number of carbonyl (C=O) groups excluding carboxylic acids is 1. The Bertz CT molecular complexity index is 934. The normalized spacial score (nSPS) is 22.1. The molecule has 1 aromatic heterocycles. The van der Waals surface area contributed by atoms with Crippen molar-refractivity contribution in [1.29, 1.82) is 0 Å². The number of nitrogens with one attached hydrogen (secondary N) is 1. The Morgan fingerprint density at radius 3 is 2.36 bits per heavy atom. The summed E-state index contributed by atoms with van der Waals surface area (Å²) in [4.78, 5) is 15.4. The number of halogens is 1. The Balaban J connectivity index is 1.21. The number of hydrogen-bond acceptors (Lipinski definition) is 2. The van der Waals surface area contributed by atoms with Gasteiger partial charge in [0.2, 0.25) is 5.91 Å². The maximum absolute atomic E-state index is 12.8. The summed E-state index contributed by atoms with van der Waals surface area (Å²) < 4.78 is 3.68. The average molecular weight is 515 g/mol. The summed E-state index contributed by atoms with van der Waals surface area (Å²) in [6.07, 6.45) is 17.6. The molecule has 0 bridgehead atoms. The lowest BCUT2D eigenvalue weighted by atomic mass is 9.89. The number of nitrogens with zero attached hydrogens (tertiary/aromatic N) is 2. The fourth-order valence-electron chi connectivity index (χ4n) is 6.43. The number of rotatable bonds is 6. The van der Waals surface area contributed by atoms with Crippen molar-refractivity contribution in [3.8, 4) is 0 Å². The van der Waals surface area contributed by atoms with E-state index in [1.807, 2.05) is 0 Å². The zero-order valence-electron chi connectivity index (χ0n) is 20.0. The summed E-state index contributed by atoms with van der Waals surface area (Å²) in [5, 5.41) is 4.75. The fourth-order valence-corrected chi connectivity index (χ4v) is 6.79. The van der Waals surface area contributed by atoms with Crippen LogP contribution in [0.3, 0.4) is 0 Å². The van der Waals surface area contributed by atoms with Crippen LogP contribution in [0.25, 0.3) is 10.9 Å². The van der Waals surface area contributed by atoms with E-state index in [-0.39, 0.29) is 5.92 Å². The molecule has 180 valence electrons. The third-order valence-electron chi connectivity index (χ3n) is 8.41. The topological polar surface area (TPSA) is 37.3 Å². The molecule has 1 aromatic carbocycles. The molecular weight excluding hydrogens is 474 g/mol. The van der Waals surface area contributed by atoms with Crippen LogP contribution >= 0.6 is 15.9 Å². The van der Waals surface area contributed by atoms with Crippen LogP contribution in [0, 0.1) is 11.8 Å². The molecule has 1 saturated heterocycles. The first-order chi connectivity index (χ1) is 16.2. The minimum Gasteiger partial charge on any atom is -0.353 e. The Labute approximate surface area is 207 Å². The Morgan fingerprint density at radius 2 is 1.64 bits per heavy atom. The second-order valence-corrected chi connectivity index (χ2v) is 11.8. The molecule has 5 heteroatoms. The molecule has 0 unspecified atom stereocenters. The first-order valence-electron chi connectivity index (χ1n) is 13.5. The van der Waals surface area contributed by atoms with E-state index in [0.717, 1.165) is 49.4 Å². The van der Waals surface area contributed by atoms with Crippen molar-refractivity contribution in [2.24, 2.45) is 11.8 Å². The Morgan fingerprint density at radius 1 is 0.939 bits per heavy atom. The average Bonchev–Trinajstić information content (AvgIpc) is 3.16. The molecule has 0 spiro atoms. The predicted octanol–water partition coefficient (Wildman–Crippen LogP) is 6.65. The third kappa shape index (κ3) is 5.85. The number of likely N-dealkylation sites (tertiary alicyclic amines) is 1. The van der Waals surface area contributed by atoms with Gasteiger partial charge in [0.25, 0.3) is 0 Å². The number of hydrogen-bond donors (Lipinski definition) is 1. The number of piperidine rings is 1. The highest BCUT2D eigenvalue weighted by molar-refractivity contribution is 9.10. The van der Waals surface area contributed by atoms with Crippen molar-refractivity contribution in [3.05, 3.63) is 34.4 Å². The zero-order valence-corrected chi connectivity index (χ0v) is 21.6. The highest BCUT2D eigenvalue weighted by atomic mass is 79.9. The third-order valence-corrected chi connectivity index (χ3v) is 8.90. The highest BCUT2D eigenvalue weighted by Crippen LogP contribution is 2.31. The maximum atomic E-state index is 12.8. The first-order valence-corrected chi connectivity index (χ1v) is 14.2. The maximum Gasteiger partial charge on any atom is 0.223 e. The lowest BCUT2D eigenvalue weighted by Crippen LogP contribution is -2.44. The summed E-state index contributed by atoms with van der Waals surface area (Å²) in [5.41, 5.74) is 2.81. The van der Waals surface area contributed by atoms with Crippen molar-refractivity contribution in [1.82, 2.24) is 14.8 Å². The lowest BCUT2D eigenvalue weighted by molar-refractivity contribution is -0.127. The van der Waals surface area contributed by atoms with Gasteiger partial charge in [0.05, 0.1) is 0 Å². The van der Waals surface area contributed by atoms with Gasteiger partial charge < -0.3 is 9.88 Å². The summed E-state index contributed by atoms with van der Waals surface area (Å²) in [6.45, 7) is 4.18. The minimum atomic E-state index is 0.199. The molecule has 0 atom stereocenters. The fraction of sp³-hybridized carbons (Fsp3) is 0.679. The molecule has 2 saturated carbocycles. The summed E-state index contributed by atoms with van der Waals surface area (Å²) in [5.74, 6) is 1.34. The van der Waals surface area contributed by atoms with Crippen LogP contribution < -0.4 is 5.32 Å². The molecule has 2 aliphatic carbocycles. The van der Waals surface area contributed by atoms with E-state index in [0.29, 0.717) is 11.9 Å². The van der Waals surface area contributed by atoms with Gasteiger partial charge in [-0.05, 0) is 81.3 Å². The second kappa shape index (κ2) is 10.9. The zero-order chi connectivity index (χ0) is 22.6. The van der Waals surface area contributed by atoms with Crippen molar-refractivity contribution in [2.75, 3.05) is 13.1 Å². The van der Waals surface area contributed by atoms with Crippen molar-refractivity contribution in [2.45, 2.75) is 96.2 Å². The smallest absolute Gasteiger partial charge is 0.223 e. The number of aromatic nitrogens is 1. The molecule has 5 rings (SSSR count). The summed E-state index contributed by atoms with van der Waals surface area (Å²) in [6, 6.07) is 7.19. The Hall–Kier alpha value is -1.33. The molecule has 3 fully saturated rings. The van der Waals surface area contributed by atoms with Crippen LogP contribution in [0.5, 0.6) is 0 Å². The van der Waals surface area contributed by atoms with Gasteiger partial charge in [0, 0.05) is 46.6 Å². The quantitative estimate of drug-likeness (QED) is 0.469. The summed E-state index contributed by atoms with van der Waals surface area (Å²) in [7, 11) is 0. The SMILES string of the molecule is O=C(NC1CCCCC1)C1CCN(Cc2cn(CC3CCCCC3)c3ccc(Br)cc23)CC1. The van der Waals surface area contributed by atoms with Gasteiger partial charge in [0.1, 0.15) is 0 Å². The lowest BCUT2D eigenvalue weighted by Gasteiger charge is -2.32. The largest absolute Gasteiger partial charge is 0.353 e. The van der Waals surface area contributed by atoms with Gasteiger partial charge in [-0.3, -0.25) is 9.69 Å². The Kier molecular flexibility index (Phi) is 7.76. The van der Waals surface area contributed by atoms with E-state index in [1.165, 1.54) is 80.7 Å². The summed E-state index contributed by atoms with van der Waals surface area (Å²) >= 11 is 3.70. The van der Waals surface area contributed by atoms with Gasteiger partial charge in [0.15, 0.2) is 0 Å². The van der Waals surface area contributed by atoms with Crippen molar-refractivity contribution < 1.29 is 4.79 Å². The monoisotopic (exact) mass is 513 g/mol. The molecule has 1 amide bonds. The molecule has 1 aliphatic heterocycles. The number of amides is 1. The van der Waals surface area contributed by atoms with E-state index in [9.17, 15) is 4.79 Å². The standard InChI is InChI=1S/C28H40BrN3O/c29-24-11-12-27-26(17-24)23(20-32(27)18-21-7-3-1-4-8-21)19-31-15-13-22(14-16-31)28(33)30-25-9-5-2-6-10-25/h11-12,17,20-22,25H,1-10,13-16,18-19H2,(H,30,33). The van der Waals surface area contributed by atoms with Crippen LogP contribution in [0.4, 0.5) is 0 Å². The van der Waals surface area contributed by atoms with E-state index < -0.39 is 0 Å². The van der Waals surface area contributed by atoms with Crippen LogP contribution in [-0.4, -0.2) is 34.5 Å². The van der Waals surface area contributed by atoms with Gasteiger partial charge in [-0.15, -0.1) is 0 Å². The van der Waals surface area contributed by atoms with E-state index >= 15 is 0 Å². The van der Waals surface area contributed by atoms with Gasteiger partial charge in [-0.2, -0.15) is 0 Å². The van der Waals surface area contributed by atoms with Crippen LogP contribution in [0.1, 0.15) is 82.6 Å². The van der Waals surface area contributed by atoms with Crippen molar-refractivity contribution >= 4 is 32.7 Å². The predicted molar refractivity (Wildman–Crippen MR) is 139 cm³/mol. The first kappa shape index (κ1) is 23.4. The molecule has 3 aliphatic rings.